The Kier molecular flexibility index (Phi) is 20.7. The number of hydrogen-bond acceptors (Lipinski definition) is 6. The lowest BCUT2D eigenvalue weighted by atomic mass is 10.4. The quantitative estimate of drug-likeness (QED) is 0.321. The predicted octanol–water partition coefficient (Wildman–Crippen LogP) is -2.03. The van der Waals surface area contributed by atoms with Crippen LogP contribution in [0.4, 0.5) is 0 Å². The molecule has 0 heterocycles. The summed E-state index contributed by atoms with van der Waals surface area (Å²) in [4.78, 5) is 28.3. The third kappa shape index (κ3) is 31.6. The van der Waals surface area contributed by atoms with Crippen LogP contribution in [0.5, 0.6) is 0 Å². The third-order valence-corrected chi connectivity index (χ3v) is 1.07. The number of carboxylic acids is 3. The maximum atomic E-state index is 9.45. The van der Waals surface area contributed by atoms with Crippen LogP contribution in [0.2, 0.25) is 0 Å². The number of aliphatic carboxylic acids is 3. The summed E-state index contributed by atoms with van der Waals surface area (Å²) in [5.41, 5.74) is 0. The predicted molar refractivity (Wildman–Crippen MR) is 63.7 cm³/mol. The molecule has 0 rings (SSSR count). The van der Waals surface area contributed by atoms with Crippen LogP contribution in [0.1, 0.15) is 20.8 Å². The molecule has 0 saturated carbocycles. The average molecular weight is 297 g/mol. The summed E-state index contributed by atoms with van der Waals surface area (Å²) >= 11 is 0. The molecular formula is C9H18AlO9. The van der Waals surface area contributed by atoms with Gasteiger partial charge in [0.1, 0.15) is 18.3 Å². The molecule has 0 spiro atoms. The summed E-state index contributed by atoms with van der Waals surface area (Å²) in [5, 5.41) is 47.3. The first-order valence-electron chi connectivity index (χ1n) is 4.66. The molecule has 0 fully saturated rings. The molecule has 3 radical (unpaired) electrons. The van der Waals surface area contributed by atoms with Crippen molar-refractivity contribution in [3.8, 4) is 0 Å². The molecule has 0 aliphatic heterocycles. The standard InChI is InChI=1S/3C3H6O3.Al/c3*1-2(4)3(5)6;/h3*2,4H,1H3,(H,5,6);. The van der Waals surface area contributed by atoms with Crippen LogP contribution in [0.15, 0.2) is 0 Å². The molecule has 0 amide bonds. The van der Waals surface area contributed by atoms with Gasteiger partial charge in [-0.15, -0.1) is 0 Å². The third-order valence-electron chi connectivity index (χ3n) is 1.07. The fraction of sp³-hybridized carbons (Fsp3) is 0.667. The van der Waals surface area contributed by atoms with Gasteiger partial charge in [-0.2, -0.15) is 0 Å². The fourth-order valence-electron chi connectivity index (χ4n) is 0. The molecular weight excluding hydrogens is 279 g/mol. The minimum Gasteiger partial charge on any atom is -0.479 e. The molecule has 19 heavy (non-hydrogen) atoms. The summed E-state index contributed by atoms with van der Waals surface area (Å²) in [6.45, 7) is 3.59. The second-order valence-corrected chi connectivity index (χ2v) is 3.04. The van der Waals surface area contributed by atoms with E-state index in [2.05, 4.69) is 0 Å². The summed E-state index contributed by atoms with van der Waals surface area (Å²) in [6.07, 6.45) is -3.69. The van der Waals surface area contributed by atoms with Gasteiger partial charge in [0, 0.05) is 17.4 Å². The zero-order valence-electron chi connectivity index (χ0n) is 10.7. The Balaban J connectivity index is -0.0000000865. The van der Waals surface area contributed by atoms with Crippen molar-refractivity contribution in [1.82, 2.24) is 0 Å². The van der Waals surface area contributed by atoms with E-state index < -0.39 is 36.2 Å². The first kappa shape index (κ1) is 26.4. The van der Waals surface area contributed by atoms with Crippen molar-refractivity contribution < 1.29 is 45.0 Å². The van der Waals surface area contributed by atoms with Crippen molar-refractivity contribution in [2.24, 2.45) is 0 Å². The van der Waals surface area contributed by atoms with Crippen LogP contribution in [0.3, 0.4) is 0 Å². The largest absolute Gasteiger partial charge is 0.479 e. The van der Waals surface area contributed by atoms with E-state index in [1.807, 2.05) is 0 Å². The Morgan fingerprint density at radius 2 is 0.684 bits per heavy atom. The van der Waals surface area contributed by atoms with Crippen molar-refractivity contribution in [3.05, 3.63) is 0 Å². The maximum absolute atomic E-state index is 9.45. The topological polar surface area (TPSA) is 173 Å². The van der Waals surface area contributed by atoms with Crippen LogP contribution < -0.4 is 0 Å². The maximum Gasteiger partial charge on any atom is 0.332 e. The van der Waals surface area contributed by atoms with Crippen molar-refractivity contribution in [2.75, 3.05) is 0 Å². The summed E-state index contributed by atoms with van der Waals surface area (Å²) < 4.78 is 0. The smallest absolute Gasteiger partial charge is 0.332 e. The van der Waals surface area contributed by atoms with Gasteiger partial charge in [0.15, 0.2) is 0 Å². The highest BCUT2D eigenvalue weighted by Gasteiger charge is 2.02. The normalized spacial score (nSPS) is 12.9. The first-order chi connectivity index (χ1) is 7.93. The van der Waals surface area contributed by atoms with Crippen LogP contribution >= 0.6 is 0 Å². The van der Waals surface area contributed by atoms with Crippen LogP contribution in [0.25, 0.3) is 0 Å². The minimum absolute atomic E-state index is 0. The first-order valence-corrected chi connectivity index (χ1v) is 4.66. The van der Waals surface area contributed by atoms with Gasteiger partial charge in [0.2, 0.25) is 0 Å². The molecule has 3 unspecified atom stereocenters. The van der Waals surface area contributed by atoms with E-state index in [0.29, 0.717) is 0 Å². The van der Waals surface area contributed by atoms with Gasteiger partial charge in [-0.05, 0) is 20.8 Å². The Morgan fingerprint density at radius 1 is 0.632 bits per heavy atom. The number of hydrogen-bond donors (Lipinski definition) is 6. The Labute approximate surface area is 120 Å². The average Bonchev–Trinajstić information content (AvgIpc) is 2.18. The number of aliphatic hydroxyl groups excluding tert-OH is 3. The molecule has 0 aromatic heterocycles. The number of carboxylic acid groups (broad SMARTS) is 3. The Morgan fingerprint density at radius 3 is 0.684 bits per heavy atom. The molecule has 111 valence electrons. The monoisotopic (exact) mass is 297 g/mol. The fourth-order valence-corrected chi connectivity index (χ4v) is 0. The molecule has 0 aliphatic carbocycles. The lowest BCUT2D eigenvalue weighted by molar-refractivity contribution is -0.146. The number of rotatable bonds is 3. The second-order valence-electron chi connectivity index (χ2n) is 3.04. The summed E-state index contributed by atoms with van der Waals surface area (Å²) in [6, 6.07) is 0. The molecule has 9 nitrogen and oxygen atoms in total. The highest BCUT2D eigenvalue weighted by atomic mass is 27.0. The van der Waals surface area contributed by atoms with Crippen LogP contribution in [-0.4, -0.2) is 84.2 Å². The Hall–Kier alpha value is -1.18. The molecule has 10 heteroatoms. The lowest BCUT2D eigenvalue weighted by Gasteiger charge is -1.89. The van der Waals surface area contributed by atoms with Gasteiger partial charge in [0.25, 0.3) is 0 Å². The second kappa shape index (κ2) is 14.9. The van der Waals surface area contributed by atoms with Crippen LogP contribution in [-0.2, 0) is 14.4 Å². The molecule has 0 aliphatic rings. The SMILES string of the molecule is CC(O)C(=O)O.CC(O)C(=O)O.CC(O)C(=O)O.[Al]. The zero-order valence-corrected chi connectivity index (χ0v) is 11.9. The highest BCUT2D eigenvalue weighted by molar-refractivity contribution is 5.75. The highest BCUT2D eigenvalue weighted by Crippen LogP contribution is 1.74. The zero-order chi connectivity index (χ0) is 15.5. The summed E-state index contributed by atoms with van der Waals surface area (Å²) in [7, 11) is 0. The number of carbonyl (C=O) groups is 3. The van der Waals surface area contributed by atoms with Crippen LogP contribution in [0, 0.1) is 0 Å². The van der Waals surface area contributed by atoms with E-state index in [4.69, 9.17) is 30.6 Å². The molecule has 0 saturated heterocycles. The van der Waals surface area contributed by atoms with Crippen molar-refractivity contribution >= 4 is 35.3 Å². The van der Waals surface area contributed by atoms with Gasteiger partial charge in [-0.3, -0.25) is 0 Å². The summed E-state index contributed by atoms with van der Waals surface area (Å²) in [5.74, 6) is -3.56. The lowest BCUT2D eigenvalue weighted by Crippen LogP contribution is -2.13. The van der Waals surface area contributed by atoms with Gasteiger partial charge in [0.05, 0.1) is 0 Å². The van der Waals surface area contributed by atoms with Crippen molar-refractivity contribution in [1.29, 1.82) is 0 Å². The van der Waals surface area contributed by atoms with Crippen molar-refractivity contribution in [3.63, 3.8) is 0 Å². The van der Waals surface area contributed by atoms with E-state index in [1.54, 1.807) is 0 Å². The van der Waals surface area contributed by atoms with E-state index >= 15 is 0 Å². The molecule has 0 aromatic rings. The van der Waals surface area contributed by atoms with Gasteiger partial charge < -0.3 is 30.6 Å². The molecule has 0 bridgehead atoms. The minimum atomic E-state index is -1.23. The van der Waals surface area contributed by atoms with E-state index in [0.717, 1.165) is 0 Å². The van der Waals surface area contributed by atoms with Gasteiger partial charge in [-0.1, -0.05) is 0 Å². The van der Waals surface area contributed by atoms with E-state index in [9.17, 15) is 14.4 Å². The van der Waals surface area contributed by atoms with Crippen molar-refractivity contribution in [2.45, 2.75) is 39.1 Å². The molecule has 0 aromatic carbocycles. The van der Waals surface area contributed by atoms with E-state index in [-0.39, 0.29) is 17.4 Å². The molecule has 3 atom stereocenters. The van der Waals surface area contributed by atoms with Gasteiger partial charge in [-0.25, -0.2) is 14.4 Å². The van der Waals surface area contributed by atoms with Gasteiger partial charge >= 0.3 is 17.9 Å². The Bertz CT molecular complexity index is 220. The van der Waals surface area contributed by atoms with E-state index in [1.165, 1.54) is 20.8 Å². The molecule has 6 N–H and O–H groups in total. The number of aliphatic hydroxyl groups is 3.